The molecule has 0 aliphatic carbocycles. The first-order valence-electron chi connectivity index (χ1n) is 8.48. The number of rotatable bonds is 9. The van der Waals surface area contributed by atoms with Crippen LogP contribution in [0, 0.1) is 0 Å². The van der Waals surface area contributed by atoms with Crippen LogP contribution in [-0.2, 0) is 16.0 Å². The third-order valence-corrected chi connectivity index (χ3v) is 4.74. The highest BCUT2D eigenvalue weighted by Crippen LogP contribution is 2.11. The van der Waals surface area contributed by atoms with Crippen LogP contribution in [0.5, 0.6) is 0 Å². The van der Waals surface area contributed by atoms with E-state index in [2.05, 4.69) is 5.32 Å². The molecule has 0 spiro atoms. The summed E-state index contributed by atoms with van der Waals surface area (Å²) in [4.78, 5) is 37.1. The summed E-state index contributed by atoms with van der Waals surface area (Å²) in [7, 11) is 0. The maximum absolute atomic E-state index is 12.3. The molecule has 0 aliphatic rings. The SMILES string of the molecule is CCN(CCC(=O)Nc1ccc(C(N)=O)cc1)C(=O)CCc1ccsc1. The third kappa shape index (κ3) is 6.00. The molecule has 3 amide bonds. The van der Waals surface area contributed by atoms with Gasteiger partial charge in [0.15, 0.2) is 0 Å². The Bertz CT molecular complexity index is 742. The number of hydrogen-bond acceptors (Lipinski definition) is 4. The third-order valence-electron chi connectivity index (χ3n) is 4.00. The zero-order valence-corrected chi connectivity index (χ0v) is 15.6. The number of anilines is 1. The molecule has 1 aromatic carbocycles. The number of primary amides is 1. The van der Waals surface area contributed by atoms with Crippen molar-refractivity contribution in [2.45, 2.75) is 26.2 Å². The molecule has 0 fully saturated rings. The van der Waals surface area contributed by atoms with Gasteiger partial charge < -0.3 is 16.0 Å². The summed E-state index contributed by atoms with van der Waals surface area (Å²) in [6.07, 6.45) is 1.38. The number of amides is 3. The summed E-state index contributed by atoms with van der Waals surface area (Å²) in [5.74, 6) is -0.638. The van der Waals surface area contributed by atoms with Crippen LogP contribution in [0.2, 0.25) is 0 Å². The van der Waals surface area contributed by atoms with Gasteiger partial charge in [-0.05, 0) is 60.0 Å². The fraction of sp³-hybridized carbons (Fsp3) is 0.316. The maximum atomic E-state index is 12.3. The molecule has 26 heavy (non-hydrogen) atoms. The lowest BCUT2D eigenvalue weighted by atomic mass is 10.1. The van der Waals surface area contributed by atoms with Gasteiger partial charge >= 0.3 is 0 Å². The lowest BCUT2D eigenvalue weighted by Gasteiger charge is -2.20. The lowest BCUT2D eigenvalue weighted by Crippen LogP contribution is -2.33. The lowest BCUT2D eigenvalue weighted by molar-refractivity contribution is -0.131. The average molecular weight is 373 g/mol. The molecule has 0 unspecified atom stereocenters. The molecule has 1 heterocycles. The summed E-state index contributed by atoms with van der Waals surface area (Å²) < 4.78 is 0. The molecule has 2 aromatic rings. The van der Waals surface area contributed by atoms with Gasteiger partial charge in [-0.3, -0.25) is 14.4 Å². The van der Waals surface area contributed by atoms with E-state index in [-0.39, 0.29) is 18.2 Å². The van der Waals surface area contributed by atoms with E-state index in [0.717, 1.165) is 12.0 Å². The minimum atomic E-state index is -0.512. The predicted octanol–water partition coefficient (Wildman–Crippen LogP) is 2.66. The molecule has 0 atom stereocenters. The van der Waals surface area contributed by atoms with Crippen molar-refractivity contribution < 1.29 is 14.4 Å². The van der Waals surface area contributed by atoms with Crippen LogP contribution in [0.1, 0.15) is 35.7 Å². The Balaban J connectivity index is 1.78. The highest BCUT2D eigenvalue weighted by molar-refractivity contribution is 7.07. The number of carbonyl (C=O) groups is 3. The van der Waals surface area contributed by atoms with Gasteiger partial charge in [0.05, 0.1) is 0 Å². The summed E-state index contributed by atoms with van der Waals surface area (Å²) >= 11 is 1.62. The summed E-state index contributed by atoms with van der Waals surface area (Å²) in [6, 6.07) is 8.39. The van der Waals surface area contributed by atoms with E-state index in [9.17, 15) is 14.4 Å². The Labute approximate surface area is 157 Å². The molecule has 0 bridgehead atoms. The van der Waals surface area contributed by atoms with Crippen molar-refractivity contribution >= 4 is 34.7 Å². The number of nitrogens with one attached hydrogen (secondary N) is 1. The fourth-order valence-corrected chi connectivity index (χ4v) is 3.18. The van der Waals surface area contributed by atoms with E-state index in [0.29, 0.717) is 30.8 Å². The van der Waals surface area contributed by atoms with E-state index < -0.39 is 5.91 Å². The quantitative estimate of drug-likeness (QED) is 0.708. The van der Waals surface area contributed by atoms with Crippen molar-refractivity contribution in [2.75, 3.05) is 18.4 Å². The van der Waals surface area contributed by atoms with Gasteiger partial charge in [-0.15, -0.1) is 0 Å². The van der Waals surface area contributed by atoms with E-state index in [1.165, 1.54) is 0 Å². The van der Waals surface area contributed by atoms with Gasteiger partial charge in [0.25, 0.3) is 0 Å². The van der Waals surface area contributed by atoms with Crippen molar-refractivity contribution in [2.24, 2.45) is 5.73 Å². The van der Waals surface area contributed by atoms with Crippen LogP contribution >= 0.6 is 11.3 Å². The minimum Gasteiger partial charge on any atom is -0.366 e. The number of hydrogen-bond donors (Lipinski definition) is 2. The van der Waals surface area contributed by atoms with Crippen LogP contribution in [0.15, 0.2) is 41.1 Å². The second-order valence-electron chi connectivity index (χ2n) is 5.84. The van der Waals surface area contributed by atoms with Gasteiger partial charge in [0.2, 0.25) is 17.7 Å². The standard InChI is InChI=1S/C19H23N3O3S/c1-2-22(18(24)8-3-14-10-12-26-13-14)11-9-17(23)21-16-6-4-15(5-7-16)19(20)25/h4-7,10,12-13H,2-3,8-9,11H2,1H3,(H2,20,25)(H,21,23). The van der Waals surface area contributed by atoms with Crippen LogP contribution in [0.25, 0.3) is 0 Å². The Morgan fingerprint density at radius 1 is 1.12 bits per heavy atom. The van der Waals surface area contributed by atoms with E-state index in [4.69, 9.17) is 5.73 Å². The number of nitrogens with two attached hydrogens (primary N) is 1. The number of aryl methyl sites for hydroxylation is 1. The van der Waals surface area contributed by atoms with Crippen LogP contribution < -0.4 is 11.1 Å². The Morgan fingerprint density at radius 2 is 1.85 bits per heavy atom. The zero-order chi connectivity index (χ0) is 18.9. The number of carbonyl (C=O) groups excluding carboxylic acids is 3. The van der Waals surface area contributed by atoms with E-state index >= 15 is 0 Å². The minimum absolute atomic E-state index is 0.0531. The van der Waals surface area contributed by atoms with Crippen molar-refractivity contribution in [3.63, 3.8) is 0 Å². The van der Waals surface area contributed by atoms with Gasteiger partial charge in [0, 0.05) is 37.2 Å². The monoisotopic (exact) mass is 373 g/mol. The zero-order valence-electron chi connectivity index (χ0n) is 14.7. The fourth-order valence-electron chi connectivity index (χ4n) is 2.48. The van der Waals surface area contributed by atoms with Gasteiger partial charge in [-0.2, -0.15) is 11.3 Å². The molecular weight excluding hydrogens is 350 g/mol. The first kappa shape index (κ1) is 19.7. The summed E-state index contributed by atoms with van der Waals surface area (Å²) in [5, 5.41) is 6.79. The van der Waals surface area contributed by atoms with Crippen molar-refractivity contribution in [3.05, 3.63) is 52.2 Å². The van der Waals surface area contributed by atoms with E-state index in [1.54, 1.807) is 40.5 Å². The summed E-state index contributed by atoms with van der Waals surface area (Å²) in [5.41, 5.74) is 7.32. The summed E-state index contributed by atoms with van der Waals surface area (Å²) in [6.45, 7) is 2.86. The second kappa shape index (κ2) is 9.72. The van der Waals surface area contributed by atoms with Gasteiger partial charge in [0.1, 0.15) is 0 Å². The highest BCUT2D eigenvalue weighted by atomic mass is 32.1. The molecular formula is C19H23N3O3S. The average Bonchev–Trinajstić information content (AvgIpc) is 3.14. The first-order chi connectivity index (χ1) is 12.5. The Morgan fingerprint density at radius 3 is 2.42 bits per heavy atom. The molecule has 0 saturated heterocycles. The molecule has 0 radical (unpaired) electrons. The first-order valence-corrected chi connectivity index (χ1v) is 9.42. The number of thiophene rings is 1. The molecule has 2 rings (SSSR count). The molecule has 6 nitrogen and oxygen atoms in total. The smallest absolute Gasteiger partial charge is 0.248 e. The van der Waals surface area contributed by atoms with Crippen LogP contribution in [0.4, 0.5) is 5.69 Å². The Kier molecular flexibility index (Phi) is 7.35. The van der Waals surface area contributed by atoms with Crippen molar-refractivity contribution in [3.8, 4) is 0 Å². The van der Waals surface area contributed by atoms with Crippen molar-refractivity contribution in [1.82, 2.24) is 4.90 Å². The van der Waals surface area contributed by atoms with Gasteiger partial charge in [-0.25, -0.2) is 0 Å². The Hall–Kier alpha value is -2.67. The van der Waals surface area contributed by atoms with Crippen LogP contribution in [0.3, 0.4) is 0 Å². The largest absolute Gasteiger partial charge is 0.366 e. The van der Waals surface area contributed by atoms with E-state index in [1.807, 2.05) is 23.8 Å². The normalized spacial score (nSPS) is 10.3. The molecule has 0 aliphatic heterocycles. The molecule has 7 heteroatoms. The van der Waals surface area contributed by atoms with Crippen molar-refractivity contribution in [1.29, 1.82) is 0 Å². The number of nitrogens with zero attached hydrogens (tertiary/aromatic N) is 1. The molecule has 138 valence electrons. The topological polar surface area (TPSA) is 92.5 Å². The molecule has 0 saturated carbocycles. The molecule has 1 aromatic heterocycles. The second-order valence-corrected chi connectivity index (χ2v) is 6.62. The molecule has 3 N–H and O–H groups in total. The maximum Gasteiger partial charge on any atom is 0.248 e. The van der Waals surface area contributed by atoms with Crippen LogP contribution in [-0.4, -0.2) is 35.7 Å². The van der Waals surface area contributed by atoms with Gasteiger partial charge in [-0.1, -0.05) is 0 Å². The predicted molar refractivity (Wildman–Crippen MR) is 103 cm³/mol. The highest BCUT2D eigenvalue weighted by Gasteiger charge is 2.13. The number of benzene rings is 1.